The molecule has 3 rings (SSSR count). The van der Waals surface area contributed by atoms with E-state index in [1.54, 1.807) is 40.0 Å². The smallest absolute Gasteiger partial charge is 0.408 e. The van der Waals surface area contributed by atoms with Crippen molar-refractivity contribution in [3.05, 3.63) is 100 Å². The number of hydrogen-bond acceptors (Lipinski definition) is 4. The normalized spacial score (nSPS) is 12.7. The molecule has 0 aromatic heterocycles. The molecule has 3 aromatic carbocycles. The fourth-order valence-corrected chi connectivity index (χ4v) is 4.42. The van der Waals surface area contributed by atoms with E-state index in [1.165, 1.54) is 4.90 Å². The maximum Gasteiger partial charge on any atom is 0.408 e. The van der Waals surface area contributed by atoms with Crippen LogP contribution in [0.5, 0.6) is 0 Å². The molecule has 39 heavy (non-hydrogen) atoms. The van der Waals surface area contributed by atoms with Crippen LogP contribution in [0.2, 0.25) is 5.02 Å². The number of halogens is 1. The Morgan fingerprint density at radius 3 is 2.15 bits per heavy atom. The van der Waals surface area contributed by atoms with Crippen LogP contribution in [0.1, 0.15) is 49.1 Å². The summed E-state index contributed by atoms with van der Waals surface area (Å²) in [5.41, 5.74) is 3.02. The van der Waals surface area contributed by atoms with Gasteiger partial charge in [0.2, 0.25) is 5.91 Å². The molecule has 0 heterocycles. The number of benzene rings is 3. The highest BCUT2D eigenvalue weighted by atomic mass is 35.5. The maximum absolute atomic E-state index is 14.0. The molecule has 206 valence electrons. The van der Waals surface area contributed by atoms with Crippen molar-refractivity contribution in [2.45, 2.75) is 58.7 Å². The van der Waals surface area contributed by atoms with Gasteiger partial charge in [-0.15, -0.1) is 0 Å². The van der Waals surface area contributed by atoms with Crippen LogP contribution in [-0.4, -0.2) is 41.5 Å². The molecule has 2 atom stereocenters. The lowest BCUT2D eigenvalue weighted by Gasteiger charge is -2.32. The van der Waals surface area contributed by atoms with Crippen molar-refractivity contribution in [3.8, 4) is 0 Å². The summed E-state index contributed by atoms with van der Waals surface area (Å²) in [5, 5.41) is 6.03. The van der Waals surface area contributed by atoms with Crippen molar-refractivity contribution in [3.63, 3.8) is 0 Å². The Morgan fingerprint density at radius 1 is 0.923 bits per heavy atom. The van der Waals surface area contributed by atoms with Crippen LogP contribution < -0.4 is 10.6 Å². The van der Waals surface area contributed by atoms with E-state index in [0.717, 1.165) is 16.7 Å². The Balaban J connectivity index is 1.97. The first kappa shape index (κ1) is 29.7. The molecular formula is C31H36ClN3O4. The van der Waals surface area contributed by atoms with Crippen LogP contribution in [0.4, 0.5) is 10.5 Å². The predicted octanol–water partition coefficient (Wildman–Crippen LogP) is 6.23. The first-order valence-electron chi connectivity index (χ1n) is 12.8. The lowest BCUT2D eigenvalue weighted by atomic mass is 10.00. The van der Waals surface area contributed by atoms with Gasteiger partial charge < -0.3 is 20.3 Å². The Bertz CT molecular complexity index is 1280. The van der Waals surface area contributed by atoms with Gasteiger partial charge in [0.1, 0.15) is 17.7 Å². The predicted molar refractivity (Wildman–Crippen MR) is 155 cm³/mol. The first-order chi connectivity index (χ1) is 18.4. The van der Waals surface area contributed by atoms with Crippen molar-refractivity contribution in [2.75, 3.05) is 12.4 Å². The number of nitrogens with one attached hydrogen (secondary N) is 2. The van der Waals surface area contributed by atoms with E-state index in [0.29, 0.717) is 16.3 Å². The topological polar surface area (TPSA) is 87.7 Å². The number of para-hydroxylation sites is 1. The summed E-state index contributed by atoms with van der Waals surface area (Å²) in [6, 6.07) is 20.1. The van der Waals surface area contributed by atoms with E-state index in [4.69, 9.17) is 16.3 Å². The number of nitrogens with zero attached hydrogens (tertiary/aromatic N) is 1. The maximum atomic E-state index is 14.0. The molecule has 7 nitrogen and oxygen atoms in total. The SMILES string of the molecule is Cc1ccc(C(C(=O)Nc2c(C)cccc2Cl)N(C)C(=O)C(Cc2ccccc2)NC(=O)OC(C)(C)C)cc1. The third kappa shape index (κ3) is 8.32. The van der Waals surface area contributed by atoms with Crippen LogP contribution in [0, 0.1) is 13.8 Å². The van der Waals surface area contributed by atoms with Gasteiger partial charge in [-0.3, -0.25) is 9.59 Å². The number of carbonyl (C=O) groups is 3. The molecule has 0 saturated heterocycles. The van der Waals surface area contributed by atoms with Crippen molar-refractivity contribution in [1.29, 1.82) is 0 Å². The van der Waals surface area contributed by atoms with Crippen molar-refractivity contribution in [1.82, 2.24) is 10.2 Å². The average Bonchev–Trinajstić information content (AvgIpc) is 2.86. The molecule has 0 fully saturated rings. The van der Waals surface area contributed by atoms with Gasteiger partial charge in [-0.25, -0.2) is 4.79 Å². The lowest BCUT2D eigenvalue weighted by Crippen LogP contribution is -2.52. The summed E-state index contributed by atoms with van der Waals surface area (Å²) in [5.74, 6) is -0.872. The molecule has 2 N–H and O–H groups in total. The lowest BCUT2D eigenvalue weighted by molar-refractivity contribution is -0.139. The van der Waals surface area contributed by atoms with E-state index in [1.807, 2.05) is 74.5 Å². The van der Waals surface area contributed by atoms with Gasteiger partial charge >= 0.3 is 6.09 Å². The monoisotopic (exact) mass is 549 g/mol. The molecule has 0 aliphatic rings. The van der Waals surface area contributed by atoms with Gasteiger partial charge in [-0.1, -0.05) is 83.9 Å². The highest BCUT2D eigenvalue weighted by Gasteiger charge is 2.34. The fraction of sp³-hybridized carbons (Fsp3) is 0.323. The fourth-order valence-electron chi connectivity index (χ4n) is 4.15. The number of hydrogen-bond donors (Lipinski definition) is 2. The van der Waals surface area contributed by atoms with Gasteiger partial charge in [0.15, 0.2) is 0 Å². The molecule has 0 spiro atoms. The van der Waals surface area contributed by atoms with E-state index in [9.17, 15) is 14.4 Å². The quantitative estimate of drug-likeness (QED) is 0.348. The summed E-state index contributed by atoms with van der Waals surface area (Å²) in [6.45, 7) is 9.04. The highest BCUT2D eigenvalue weighted by Crippen LogP contribution is 2.29. The molecule has 0 radical (unpaired) electrons. The van der Waals surface area contributed by atoms with Crippen LogP contribution >= 0.6 is 11.6 Å². The summed E-state index contributed by atoms with van der Waals surface area (Å²) in [4.78, 5) is 41.8. The molecule has 2 unspecified atom stereocenters. The number of rotatable bonds is 8. The van der Waals surface area contributed by atoms with Crippen LogP contribution in [0.3, 0.4) is 0 Å². The molecule has 0 saturated carbocycles. The first-order valence-corrected chi connectivity index (χ1v) is 13.2. The van der Waals surface area contributed by atoms with Gasteiger partial charge in [0.25, 0.3) is 5.91 Å². The van der Waals surface area contributed by atoms with E-state index in [-0.39, 0.29) is 6.42 Å². The van der Waals surface area contributed by atoms with Gasteiger partial charge in [0.05, 0.1) is 10.7 Å². The van der Waals surface area contributed by atoms with E-state index >= 15 is 0 Å². The van der Waals surface area contributed by atoms with E-state index < -0.39 is 35.6 Å². The summed E-state index contributed by atoms with van der Waals surface area (Å²) in [6.07, 6.45) is -0.497. The molecule has 0 aliphatic carbocycles. The summed E-state index contributed by atoms with van der Waals surface area (Å²) >= 11 is 6.38. The number of likely N-dealkylation sites (N-methyl/N-ethyl adjacent to an activating group) is 1. The summed E-state index contributed by atoms with van der Waals surface area (Å²) in [7, 11) is 1.56. The third-order valence-electron chi connectivity index (χ3n) is 6.12. The summed E-state index contributed by atoms with van der Waals surface area (Å²) < 4.78 is 5.43. The van der Waals surface area contributed by atoms with Crippen molar-refractivity contribution in [2.24, 2.45) is 0 Å². The minimum absolute atomic E-state index is 0.217. The van der Waals surface area contributed by atoms with Gasteiger partial charge in [0, 0.05) is 13.5 Å². The van der Waals surface area contributed by atoms with Gasteiger partial charge in [-0.2, -0.15) is 0 Å². The Hall–Kier alpha value is -3.84. The zero-order chi connectivity index (χ0) is 28.7. The van der Waals surface area contributed by atoms with Gasteiger partial charge in [-0.05, 0) is 57.4 Å². The average molecular weight is 550 g/mol. The zero-order valence-corrected chi connectivity index (χ0v) is 24.0. The zero-order valence-electron chi connectivity index (χ0n) is 23.2. The van der Waals surface area contributed by atoms with Crippen LogP contribution in [-0.2, 0) is 20.7 Å². The number of anilines is 1. The Morgan fingerprint density at radius 2 is 1.56 bits per heavy atom. The van der Waals surface area contributed by atoms with E-state index in [2.05, 4.69) is 10.6 Å². The molecule has 0 aliphatic heterocycles. The van der Waals surface area contributed by atoms with Crippen molar-refractivity contribution < 1.29 is 19.1 Å². The second-order valence-electron chi connectivity index (χ2n) is 10.6. The molecule has 3 aromatic rings. The second kappa shape index (κ2) is 12.8. The molecular weight excluding hydrogens is 514 g/mol. The van der Waals surface area contributed by atoms with Crippen LogP contribution in [0.15, 0.2) is 72.8 Å². The third-order valence-corrected chi connectivity index (χ3v) is 6.43. The molecule has 8 heteroatoms. The minimum atomic E-state index is -0.993. The second-order valence-corrected chi connectivity index (χ2v) is 11.0. The molecule has 0 bridgehead atoms. The Kier molecular flexibility index (Phi) is 9.76. The number of aryl methyl sites for hydroxylation is 2. The Labute approximate surface area is 235 Å². The van der Waals surface area contributed by atoms with Crippen LogP contribution in [0.25, 0.3) is 0 Å². The largest absolute Gasteiger partial charge is 0.444 e. The number of amides is 3. The number of alkyl carbamates (subject to hydrolysis) is 1. The molecule has 3 amide bonds. The van der Waals surface area contributed by atoms with Crippen molar-refractivity contribution >= 4 is 35.2 Å². The number of carbonyl (C=O) groups excluding carboxylic acids is 3. The standard InChI is InChI=1S/C31H36ClN3O4/c1-20-15-17-23(18-16-20)27(28(36)34-26-21(2)11-10-14-24(26)32)35(6)29(37)25(19-22-12-8-7-9-13-22)33-30(38)39-31(3,4)5/h7-18,25,27H,19H2,1-6H3,(H,33,38)(H,34,36). The highest BCUT2D eigenvalue weighted by molar-refractivity contribution is 6.34. The minimum Gasteiger partial charge on any atom is -0.444 e. The number of ether oxygens (including phenoxy) is 1.